The van der Waals surface area contributed by atoms with Crippen LogP contribution < -0.4 is 10.5 Å². The van der Waals surface area contributed by atoms with Gasteiger partial charge in [-0.3, -0.25) is 0 Å². The van der Waals surface area contributed by atoms with Crippen molar-refractivity contribution in [3.63, 3.8) is 0 Å². The molecule has 0 saturated carbocycles. The fourth-order valence-electron chi connectivity index (χ4n) is 1.25. The lowest BCUT2D eigenvalue weighted by Crippen LogP contribution is -2.32. The molecule has 0 aliphatic rings. The first-order chi connectivity index (χ1) is 7.73. The molecule has 0 heterocycles. The summed E-state index contributed by atoms with van der Waals surface area (Å²) in [6, 6.07) is 3.23. The number of rotatable bonds is 3. The smallest absolute Gasteiger partial charge is 0.425 e. The molecule has 1 aromatic rings. The monoisotopic (exact) mass is 251 g/mol. The van der Waals surface area contributed by atoms with Gasteiger partial charge in [-0.25, -0.2) is 4.39 Å². The van der Waals surface area contributed by atoms with E-state index >= 15 is 0 Å². The third-order valence-corrected chi connectivity index (χ3v) is 2.24. The second-order valence-corrected chi connectivity index (χ2v) is 3.75. The van der Waals surface area contributed by atoms with E-state index in [2.05, 4.69) is 4.74 Å². The highest BCUT2D eigenvalue weighted by atomic mass is 19.4. The zero-order valence-corrected chi connectivity index (χ0v) is 9.38. The molecule has 0 fully saturated rings. The largest absolute Gasteiger partial charge is 0.478 e. The summed E-state index contributed by atoms with van der Waals surface area (Å²) in [5.41, 5.74) is 5.75. The Balaban J connectivity index is 3.05. The predicted molar refractivity (Wildman–Crippen MR) is 55.1 cm³/mol. The number of halogens is 4. The Bertz CT molecular complexity index is 390. The molecule has 2 N–H and O–H groups in total. The minimum absolute atomic E-state index is 0.209. The Morgan fingerprint density at radius 1 is 1.24 bits per heavy atom. The molecular weight excluding hydrogens is 238 g/mol. The molecule has 96 valence electrons. The highest BCUT2D eigenvalue weighted by Gasteiger charge is 2.38. The molecule has 0 aromatic heterocycles. The summed E-state index contributed by atoms with van der Waals surface area (Å²) in [5.74, 6) is -1.29. The van der Waals surface area contributed by atoms with Gasteiger partial charge in [-0.1, -0.05) is 12.1 Å². The third-order valence-electron chi connectivity index (χ3n) is 2.24. The van der Waals surface area contributed by atoms with Gasteiger partial charge in [0.1, 0.15) is 0 Å². The van der Waals surface area contributed by atoms with Crippen molar-refractivity contribution >= 4 is 0 Å². The van der Waals surface area contributed by atoms with E-state index < -0.39 is 29.9 Å². The lowest BCUT2D eigenvalue weighted by molar-refractivity contribution is -0.189. The maximum Gasteiger partial charge on any atom is 0.425 e. The van der Waals surface area contributed by atoms with Crippen LogP contribution in [0.1, 0.15) is 25.5 Å². The van der Waals surface area contributed by atoms with Crippen molar-refractivity contribution in [2.24, 2.45) is 5.73 Å². The van der Waals surface area contributed by atoms with Gasteiger partial charge in [0.25, 0.3) is 0 Å². The molecule has 0 aliphatic heterocycles. The van der Waals surface area contributed by atoms with Crippen LogP contribution in [-0.2, 0) is 0 Å². The topological polar surface area (TPSA) is 35.2 Å². The van der Waals surface area contributed by atoms with Gasteiger partial charge in [-0.05, 0) is 19.9 Å². The Morgan fingerprint density at radius 3 is 2.29 bits per heavy atom. The molecular formula is C11H13F4NO. The van der Waals surface area contributed by atoms with E-state index in [0.717, 1.165) is 13.0 Å². The first kappa shape index (κ1) is 13.8. The second kappa shape index (κ2) is 4.91. The van der Waals surface area contributed by atoms with Gasteiger partial charge in [0, 0.05) is 11.6 Å². The van der Waals surface area contributed by atoms with Gasteiger partial charge in [-0.15, -0.1) is 0 Å². The number of para-hydroxylation sites is 1. The molecule has 0 saturated heterocycles. The maximum atomic E-state index is 13.4. The van der Waals surface area contributed by atoms with Crippen LogP contribution in [0.4, 0.5) is 17.6 Å². The quantitative estimate of drug-likeness (QED) is 0.837. The molecule has 6 heteroatoms. The number of hydrogen-bond donors (Lipinski definition) is 1. The molecule has 2 atom stereocenters. The van der Waals surface area contributed by atoms with Gasteiger partial charge in [0.2, 0.25) is 0 Å². The van der Waals surface area contributed by atoms with E-state index in [-0.39, 0.29) is 5.56 Å². The van der Waals surface area contributed by atoms with E-state index in [0.29, 0.717) is 0 Å². The highest BCUT2D eigenvalue weighted by molar-refractivity contribution is 5.37. The normalized spacial score (nSPS) is 15.5. The Kier molecular flexibility index (Phi) is 3.98. The van der Waals surface area contributed by atoms with Crippen molar-refractivity contribution in [1.29, 1.82) is 0 Å². The summed E-state index contributed by atoms with van der Waals surface area (Å²) in [4.78, 5) is 0. The van der Waals surface area contributed by atoms with Crippen molar-refractivity contribution in [2.75, 3.05) is 0 Å². The summed E-state index contributed by atoms with van der Waals surface area (Å²) in [7, 11) is 0. The van der Waals surface area contributed by atoms with Crippen molar-refractivity contribution in [3.05, 3.63) is 29.6 Å². The number of nitrogens with two attached hydrogens (primary N) is 1. The number of ether oxygens (including phenoxy) is 1. The second-order valence-electron chi connectivity index (χ2n) is 3.75. The van der Waals surface area contributed by atoms with Crippen LogP contribution in [0, 0.1) is 5.82 Å². The molecule has 0 bridgehead atoms. The third kappa shape index (κ3) is 3.33. The number of alkyl halides is 3. The summed E-state index contributed by atoms with van der Waals surface area (Å²) >= 11 is 0. The molecule has 2 nitrogen and oxygen atoms in total. The predicted octanol–water partition coefficient (Wildman–Crippen LogP) is 3.18. The zero-order chi connectivity index (χ0) is 13.2. The van der Waals surface area contributed by atoms with E-state index in [4.69, 9.17) is 5.73 Å². The minimum atomic E-state index is -4.54. The molecule has 0 radical (unpaired) electrons. The van der Waals surface area contributed by atoms with Crippen LogP contribution >= 0.6 is 0 Å². The number of hydrogen-bond acceptors (Lipinski definition) is 2. The van der Waals surface area contributed by atoms with Crippen molar-refractivity contribution < 1.29 is 22.3 Å². The van der Waals surface area contributed by atoms with Crippen LogP contribution in [0.3, 0.4) is 0 Å². The molecule has 0 spiro atoms. The fraction of sp³-hybridized carbons (Fsp3) is 0.455. The zero-order valence-electron chi connectivity index (χ0n) is 9.38. The molecule has 0 aliphatic carbocycles. The first-order valence-corrected chi connectivity index (χ1v) is 5.01. The van der Waals surface area contributed by atoms with Crippen LogP contribution in [-0.4, -0.2) is 12.3 Å². The van der Waals surface area contributed by atoms with E-state index in [9.17, 15) is 17.6 Å². The summed E-state index contributed by atoms with van der Waals surface area (Å²) < 4.78 is 55.0. The summed E-state index contributed by atoms with van der Waals surface area (Å²) in [6.45, 7) is 2.36. The lowest BCUT2D eigenvalue weighted by Gasteiger charge is -2.21. The number of benzene rings is 1. The Labute approximate surface area is 96.4 Å². The van der Waals surface area contributed by atoms with Crippen LogP contribution in [0.15, 0.2) is 18.2 Å². The SMILES string of the molecule is CC(Oc1c(F)cccc1[C@H](C)N)C(F)(F)F. The van der Waals surface area contributed by atoms with Crippen molar-refractivity contribution in [1.82, 2.24) is 0 Å². The lowest BCUT2D eigenvalue weighted by atomic mass is 10.1. The summed E-state index contributed by atoms with van der Waals surface area (Å²) in [5, 5.41) is 0. The van der Waals surface area contributed by atoms with Gasteiger partial charge in [0.05, 0.1) is 0 Å². The van der Waals surface area contributed by atoms with Gasteiger partial charge >= 0.3 is 6.18 Å². The Hall–Kier alpha value is -1.30. The molecule has 1 aromatic carbocycles. The summed E-state index contributed by atoms with van der Waals surface area (Å²) in [6.07, 6.45) is -6.63. The molecule has 0 amide bonds. The first-order valence-electron chi connectivity index (χ1n) is 5.01. The molecule has 17 heavy (non-hydrogen) atoms. The van der Waals surface area contributed by atoms with Crippen molar-refractivity contribution in [3.8, 4) is 5.75 Å². The minimum Gasteiger partial charge on any atom is -0.478 e. The van der Waals surface area contributed by atoms with Crippen LogP contribution in [0.2, 0.25) is 0 Å². The highest BCUT2D eigenvalue weighted by Crippen LogP contribution is 2.31. The maximum absolute atomic E-state index is 13.4. The van der Waals surface area contributed by atoms with Crippen LogP contribution in [0.25, 0.3) is 0 Å². The van der Waals surface area contributed by atoms with Gasteiger partial charge in [-0.2, -0.15) is 13.2 Å². The van der Waals surface area contributed by atoms with Gasteiger partial charge in [0.15, 0.2) is 17.7 Å². The molecule has 1 unspecified atom stereocenters. The fourth-order valence-corrected chi connectivity index (χ4v) is 1.25. The Morgan fingerprint density at radius 2 is 1.82 bits per heavy atom. The molecule has 1 rings (SSSR count). The van der Waals surface area contributed by atoms with E-state index in [1.807, 2.05) is 0 Å². The standard InChI is InChI=1S/C11H13F4NO/c1-6(16)8-4-3-5-9(12)10(8)17-7(2)11(13,14)15/h3-7H,16H2,1-2H3/t6-,7?/m0/s1. The van der Waals surface area contributed by atoms with E-state index in [1.165, 1.54) is 12.1 Å². The van der Waals surface area contributed by atoms with Crippen molar-refractivity contribution in [2.45, 2.75) is 32.2 Å². The average molecular weight is 251 g/mol. The van der Waals surface area contributed by atoms with E-state index in [1.54, 1.807) is 6.92 Å². The van der Waals surface area contributed by atoms with Crippen LogP contribution in [0.5, 0.6) is 5.75 Å². The average Bonchev–Trinajstić information content (AvgIpc) is 2.18. The van der Waals surface area contributed by atoms with Gasteiger partial charge < -0.3 is 10.5 Å².